The van der Waals surface area contributed by atoms with Crippen LogP contribution in [0.15, 0.2) is 53.8 Å². The van der Waals surface area contributed by atoms with E-state index in [0.29, 0.717) is 4.31 Å². The van der Waals surface area contributed by atoms with E-state index >= 15 is 0 Å². The van der Waals surface area contributed by atoms with Crippen molar-refractivity contribution in [3.05, 3.63) is 71.9 Å². The number of halogens is 7. The van der Waals surface area contributed by atoms with Gasteiger partial charge in [-0.05, 0) is 36.8 Å². The first kappa shape index (κ1) is 28.4. The summed E-state index contributed by atoms with van der Waals surface area (Å²) in [7, 11) is -4.47. The predicted octanol–water partition coefficient (Wildman–Crippen LogP) is 3.80. The van der Waals surface area contributed by atoms with Gasteiger partial charge in [0.1, 0.15) is 17.7 Å². The van der Waals surface area contributed by atoms with E-state index in [0.717, 1.165) is 48.9 Å². The molecule has 8 nitrogen and oxygen atoms in total. The second-order valence-electron chi connectivity index (χ2n) is 8.55. The van der Waals surface area contributed by atoms with E-state index in [9.17, 15) is 43.9 Å². The molecular weight excluding hydrogens is 559 g/mol. The van der Waals surface area contributed by atoms with Crippen LogP contribution in [-0.4, -0.2) is 52.6 Å². The maximum Gasteiger partial charge on any atom is 0.451 e. The quantitative estimate of drug-likeness (QED) is 0.429. The number of hydrogen-bond donors (Lipinski definition) is 1. The molecule has 0 unspecified atom stereocenters. The summed E-state index contributed by atoms with van der Waals surface area (Å²) in [4.78, 5) is 22.7. The highest BCUT2D eigenvalue weighted by Crippen LogP contribution is 2.33. The van der Waals surface area contributed by atoms with E-state index in [2.05, 4.69) is 20.3 Å². The molecule has 1 aliphatic heterocycles. The van der Waals surface area contributed by atoms with Gasteiger partial charge in [-0.2, -0.15) is 17.5 Å². The third-order valence-electron chi connectivity index (χ3n) is 5.96. The van der Waals surface area contributed by atoms with Gasteiger partial charge in [-0.3, -0.25) is 9.78 Å². The molecule has 4 rings (SSSR count). The fourth-order valence-corrected chi connectivity index (χ4v) is 5.60. The molecule has 1 aromatic carbocycles. The van der Waals surface area contributed by atoms with Crippen LogP contribution in [0.4, 0.5) is 30.7 Å². The first-order chi connectivity index (χ1) is 18.3. The van der Waals surface area contributed by atoms with Crippen molar-refractivity contribution in [2.24, 2.45) is 5.92 Å². The fraction of sp³-hybridized carbons (Fsp3) is 0.304. The van der Waals surface area contributed by atoms with Gasteiger partial charge in [-0.25, -0.2) is 35.9 Å². The number of pyridine rings is 1. The fourth-order valence-electron chi connectivity index (χ4n) is 3.95. The van der Waals surface area contributed by atoms with E-state index in [4.69, 9.17) is 0 Å². The summed E-state index contributed by atoms with van der Waals surface area (Å²) < 4.78 is 119. The van der Waals surface area contributed by atoms with Crippen LogP contribution in [0.1, 0.15) is 17.8 Å². The van der Waals surface area contributed by atoms with E-state index < -0.39 is 82.4 Å². The van der Waals surface area contributed by atoms with Crippen molar-refractivity contribution in [1.29, 1.82) is 0 Å². The zero-order valence-corrected chi connectivity index (χ0v) is 20.4. The number of nitrogens with zero attached hydrogens (tertiary/aromatic N) is 4. The SMILES string of the molecule is O=C(NCc1cc(-c2cnc(C(F)(F)F)nc2)ncc1F)[C@@H]1C[C@@H](C(F)F)CN1S(=O)(=O)c1ccc(F)cc1. The van der Waals surface area contributed by atoms with Crippen molar-refractivity contribution >= 4 is 15.9 Å². The lowest BCUT2D eigenvalue weighted by Gasteiger charge is -2.23. The van der Waals surface area contributed by atoms with Gasteiger partial charge in [0.15, 0.2) is 0 Å². The molecule has 0 spiro atoms. The smallest absolute Gasteiger partial charge is 0.351 e. The summed E-state index contributed by atoms with van der Waals surface area (Å²) in [6.07, 6.45) is -5.80. The normalized spacial score (nSPS) is 18.5. The summed E-state index contributed by atoms with van der Waals surface area (Å²) in [5.74, 6) is -5.46. The van der Waals surface area contributed by atoms with Gasteiger partial charge in [0.25, 0.3) is 0 Å². The molecule has 2 aromatic heterocycles. The molecule has 16 heteroatoms. The van der Waals surface area contributed by atoms with Crippen molar-refractivity contribution in [3.8, 4) is 11.3 Å². The Labute approximate surface area is 217 Å². The van der Waals surface area contributed by atoms with Crippen molar-refractivity contribution in [3.63, 3.8) is 0 Å². The summed E-state index contributed by atoms with van der Waals surface area (Å²) in [5, 5.41) is 2.31. The lowest BCUT2D eigenvalue weighted by Crippen LogP contribution is -2.45. The van der Waals surface area contributed by atoms with Gasteiger partial charge in [-0.15, -0.1) is 0 Å². The largest absolute Gasteiger partial charge is 0.451 e. The molecule has 208 valence electrons. The predicted molar refractivity (Wildman–Crippen MR) is 120 cm³/mol. The maximum atomic E-state index is 14.4. The maximum absolute atomic E-state index is 14.4. The average molecular weight is 577 g/mol. The molecule has 39 heavy (non-hydrogen) atoms. The molecule has 1 N–H and O–H groups in total. The second-order valence-corrected chi connectivity index (χ2v) is 10.4. The van der Waals surface area contributed by atoms with Crippen LogP contribution in [0, 0.1) is 17.6 Å². The van der Waals surface area contributed by atoms with Crippen LogP contribution in [0.3, 0.4) is 0 Å². The monoisotopic (exact) mass is 577 g/mol. The van der Waals surface area contributed by atoms with E-state index in [1.807, 2.05) is 0 Å². The minimum Gasteiger partial charge on any atom is -0.351 e. The Hall–Kier alpha value is -3.66. The third-order valence-corrected chi connectivity index (χ3v) is 7.85. The van der Waals surface area contributed by atoms with Crippen LogP contribution < -0.4 is 5.32 Å². The van der Waals surface area contributed by atoms with Crippen LogP contribution >= 0.6 is 0 Å². The topological polar surface area (TPSA) is 105 Å². The van der Waals surface area contributed by atoms with Crippen molar-refractivity contribution in [1.82, 2.24) is 24.6 Å². The van der Waals surface area contributed by atoms with E-state index in [-0.39, 0.29) is 16.8 Å². The average Bonchev–Trinajstić information content (AvgIpc) is 3.35. The minimum absolute atomic E-state index is 0.0164. The Bertz CT molecular complexity index is 1450. The van der Waals surface area contributed by atoms with E-state index in [1.165, 1.54) is 0 Å². The Morgan fingerprint density at radius 1 is 1.05 bits per heavy atom. The summed E-state index contributed by atoms with van der Waals surface area (Å²) in [6, 6.07) is 3.17. The number of nitrogens with one attached hydrogen (secondary N) is 1. The highest BCUT2D eigenvalue weighted by atomic mass is 32.2. The zero-order chi connectivity index (χ0) is 28.5. The van der Waals surface area contributed by atoms with Gasteiger partial charge in [-0.1, -0.05) is 0 Å². The molecule has 1 saturated heterocycles. The number of rotatable bonds is 7. The summed E-state index contributed by atoms with van der Waals surface area (Å²) >= 11 is 0. The van der Waals surface area contributed by atoms with Crippen LogP contribution in [0.25, 0.3) is 11.3 Å². The van der Waals surface area contributed by atoms with Gasteiger partial charge in [0, 0.05) is 42.5 Å². The molecular formula is C23H18F7N5O3S. The summed E-state index contributed by atoms with van der Waals surface area (Å²) in [6.45, 7) is -1.20. The van der Waals surface area contributed by atoms with Crippen LogP contribution in [-0.2, 0) is 27.5 Å². The van der Waals surface area contributed by atoms with Gasteiger partial charge < -0.3 is 5.32 Å². The van der Waals surface area contributed by atoms with Gasteiger partial charge >= 0.3 is 6.18 Å². The third kappa shape index (κ3) is 6.16. The lowest BCUT2D eigenvalue weighted by molar-refractivity contribution is -0.145. The van der Waals surface area contributed by atoms with Gasteiger partial charge in [0.05, 0.1) is 16.8 Å². The molecule has 1 fully saturated rings. The minimum atomic E-state index is -4.77. The van der Waals surface area contributed by atoms with Crippen LogP contribution in [0.5, 0.6) is 0 Å². The first-order valence-corrected chi connectivity index (χ1v) is 12.6. The number of alkyl halides is 5. The first-order valence-electron chi connectivity index (χ1n) is 11.1. The number of carbonyl (C=O) groups excluding carboxylic acids is 1. The highest BCUT2D eigenvalue weighted by molar-refractivity contribution is 7.89. The molecule has 0 saturated carbocycles. The van der Waals surface area contributed by atoms with E-state index in [1.54, 1.807) is 0 Å². The molecule has 3 heterocycles. The zero-order valence-electron chi connectivity index (χ0n) is 19.5. The van der Waals surface area contributed by atoms with Crippen molar-refractivity contribution in [2.45, 2.75) is 36.5 Å². The number of sulfonamides is 1. The number of aromatic nitrogens is 3. The van der Waals surface area contributed by atoms with Crippen molar-refractivity contribution < 1.29 is 43.9 Å². The Kier molecular flexibility index (Phi) is 7.88. The summed E-state index contributed by atoms with van der Waals surface area (Å²) in [5.41, 5.74) is -0.180. The van der Waals surface area contributed by atoms with Gasteiger partial charge in [0.2, 0.25) is 28.2 Å². The molecule has 0 bridgehead atoms. The Balaban J connectivity index is 1.53. The molecule has 0 radical (unpaired) electrons. The second kappa shape index (κ2) is 10.8. The number of carbonyl (C=O) groups is 1. The standard InChI is InChI=1S/C23H18F7N5O3S/c24-15-1-3-16(4-2-15)39(37,38)35-11-13(20(26)27)6-19(35)21(36)32-7-12-5-18(31-10-17(12)25)14-8-33-22(34-9-14)23(28,29)30/h1-5,8-10,13,19-20H,6-7,11H2,(H,32,36)/t13-,19+/m1/s1. The molecule has 2 atom stereocenters. The van der Waals surface area contributed by atoms with Crippen LogP contribution in [0.2, 0.25) is 0 Å². The Morgan fingerprint density at radius 2 is 1.69 bits per heavy atom. The highest BCUT2D eigenvalue weighted by Gasteiger charge is 2.46. The van der Waals surface area contributed by atoms with Crippen molar-refractivity contribution in [2.75, 3.05) is 6.54 Å². The number of benzene rings is 1. The molecule has 0 aliphatic carbocycles. The molecule has 1 aliphatic rings. The molecule has 3 aromatic rings. The molecule has 1 amide bonds. The number of amides is 1. The lowest BCUT2D eigenvalue weighted by atomic mass is 10.1. The Morgan fingerprint density at radius 3 is 2.28 bits per heavy atom. The number of hydrogen-bond acceptors (Lipinski definition) is 6.